The lowest BCUT2D eigenvalue weighted by Gasteiger charge is -2.38. The number of likely N-dealkylation sites (N-methyl/N-ethyl adjacent to an activating group) is 2. The van der Waals surface area contributed by atoms with Gasteiger partial charge in [-0.15, -0.1) is 0 Å². The number of piperazine rings is 1. The lowest BCUT2D eigenvalue weighted by Crippen LogP contribution is -2.47. The van der Waals surface area contributed by atoms with Gasteiger partial charge in [0.2, 0.25) is 0 Å². The van der Waals surface area contributed by atoms with E-state index in [1.807, 2.05) is 38.3 Å². The molecule has 32 heavy (non-hydrogen) atoms. The van der Waals surface area contributed by atoms with Gasteiger partial charge in [-0.3, -0.25) is 9.80 Å². The van der Waals surface area contributed by atoms with E-state index in [9.17, 15) is 5.11 Å². The van der Waals surface area contributed by atoms with E-state index in [-0.39, 0.29) is 0 Å². The van der Waals surface area contributed by atoms with Gasteiger partial charge in [-0.05, 0) is 45.8 Å². The smallest absolute Gasteiger partial charge is 0.185 e. The highest BCUT2D eigenvalue weighted by molar-refractivity contribution is 7.15. The van der Waals surface area contributed by atoms with Crippen LogP contribution in [0.3, 0.4) is 0 Å². The molecule has 0 radical (unpaired) electrons. The number of ether oxygens (including phenoxy) is 2. The first-order valence-corrected chi connectivity index (χ1v) is 12.1. The molecule has 2 atom stereocenters. The molecule has 1 aromatic carbocycles. The predicted octanol–water partition coefficient (Wildman–Crippen LogP) is 2.28. The van der Waals surface area contributed by atoms with E-state index >= 15 is 0 Å². The van der Waals surface area contributed by atoms with Crippen LogP contribution in [0, 0.1) is 0 Å². The molecular formula is C23H35N5O3S. The fourth-order valence-electron chi connectivity index (χ4n) is 4.07. The van der Waals surface area contributed by atoms with Crippen LogP contribution in [0.25, 0.3) is 0 Å². The summed E-state index contributed by atoms with van der Waals surface area (Å²) in [6.07, 6.45) is 1.21. The normalized spacial score (nSPS) is 18.9. The number of hydrogen-bond acceptors (Lipinski definition) is 9. The molecule has 9 heteroatoms. The van der Waals surface area contributed by atoms with Crippen molar-refractivity contribution in [2.75, 3.05) is 78.5 Å². The van der Waals surface area contributed by atoms with Crippen LogP contribution < -0.4 is 14.4 Å². The Hall–Kier alpha value is -1.91. The van der Waals surface area contributed by atoms with Gasteiger partial charge in [0.1, 0.15) is 19.4 Å². The highest BCUT2D eigenvalue weighted by Gasteiger charge is 2.26. The summed E-state index contributed by atoms with van der Waals surface area (Å²) >= 11 is 1.59. The Bertz CT molecular complexity index is 884. The zero-order chi connectivity index (χ0) is 22.7. The van der Waals surface area contributed by atoms with Gasteiger partial charge in [0, 0.05) is 51.5 Å². The Labute approximate surface area is 195 Å². The molecule has 2 aromatic rings. The molecule has 3 heterocycles. The average molecular weight is 462 g/mol. The Morgan fingerprint density at radius 2 is 1.78 bits per heavy atom. The summed E-state index contributed by atoms with van der Waals surface area (Å²) in [6, 6.07) is 6.60. The van der Waals surface area contributed by atoms with Crippen molar-refractivity contribution >= 4 is 16.5 Å². The van der Waals surface area contributed by atoms with Crippen molar-refractivity contribution < 1.29 is 14.6 Å². The van der Waals surface area contributed by atoms with Crippen LogP contribution in [0.5, 0.6) is 11.5 Å². The minimum atomic E-state index is -0.613. The summed E-state index contributed by atoms with van der Waals surface area (Å²) in [7, 11) is 6.03. The number of benzene rings is 1. The molecule has 1 fully saturated rings. The molecule has 176 valence electrons. The monoisotopic (exact) mass is 461 g/mol. The van der Waals surface area contributed by atoms with E-state index in [1.54, 1.807) is 11.3 Å². The van der Waals surface area contributed by atoms with E-state index < -0.39 is 6.23 Å². The first-order valence-electron chi connectivity index (χ1n) is 11.3. The zero-order valence-electron chi connectivity index (χ0n) is 19.5. The molecule has 0 bridgehead atoms. The van der Waals surface area contributed by atoms with Crippen LogP contribution in [-0.2, 0) is 0 Å². The third kappa shape index (κ3) is 5.35. The van der Waals surface area contributed by atoms with Gasteiger partial charge in [-0.25, -0.2) is 4.98 Å². The maximum absolute atomic E-state index is 10.7. The highest BCUT2D eigenvalue weighted by atomic mass is 32.1. The standard InChI is InChI=1S/C23H35N5O3S/c1-17(18-5-6-19-20(15-18)31-14-13-30-19)27-9-11-28(12-10-27)23-24-16-21(32-23)22(29)26(4)8-7-25(2)3/h5-6,15-17,22,29H,7-14H2,1-4H3/t17-,22?/m1/s1. The van der Waals surface area contributed by atoms with E-state index in [2.05, 4.69) is 38.7 Å². The van der Waals surface area contributed by atoms with E-state index in [4.69, 9.17) is 9.47 Å². The third-order valence-electron chi connectivity index (χ3n) is 6.26. The molecule has 0 aliphatic carbocycles. The summed E-state index contributed by atoms with van der Waals surface area (Å²) in [6.45, 7) is 8.97. The number of hydrogen-bond donors (Lipinski definition) is 1. The van der Waals surface area contributed by atoms with Crippen molar-refractivity contribution in [2.45, 2.75) is 19.2 Å². The van der Waals surface area contributed by atoms with Gasteiger partial charge in [-0.1, -0.05) is 17.4 Å². The lowest BCUT2D eigenvalue weighted by atomic mass is 10.1. The minimum absolute atomic E-state index is 0.312. The average Bonchev–Trinajstić information content (AvgIpc) is 3.31. The molecule has 1 saturated heterocycles. The van der Waals surface area contributed by atoms with Crippen LogP contribution >= 0.6 is 11.3 Å². The van der Waals surface area contributed by atoms with Gasteiger partial charge >= 0.3 is 0 Å². The van der Waals surface area contributed by atoms with Crippen molar-refractivity contribution in [1.82, 2.24) is 19.7 Å². The molecule has 0 amide bonds. The Balaban J connectivity index is 1.32. The minimum Gasteiger partial charge on any atom is -0.486 e. The SMILES string of the molecule is C[C@H](c1ccc2c(c1)OCCO2)N1CCN(c2ncc(C(O)N(C)CCN(C)C)s2)CC1. The van der Waals surface area contributed by atoms with E-state index in [0.29, 0.717) is 19.3 Å². The first-order chi connectivity index (χ1) is 15.4. The number of rotatable bonds is 8. The fraction of sp³-hybridized carbons (Fsp3) is 0.609. The number of fused-ring (bicyclic) bond motifs is 1. The van der Waals surface area contributed by atoms with Crippen LogP contribution in [0.2, 0.25) is 0 Å². The topological polar surface area (TPSA) is 64.5 Å². The molecule has 1 unspecified atom stereocenters. The summed E-state index contributed by atoms with van der Waals surface area (Å²) in [5.41, 5.74) is 1.25. The molecule has 2 aliphatic heterocycles. The molecule has 4 rings (SSSR count). The van der Waals surface area contributed by atoms with Crippen LogP contribution in [-0.4, -0.2) is 98.4 Å². The van der Waals surface area contributed by atoms with Crippen molar-refractivity contribution in [3.05, 3.63) is 34.8 Å². The second-order valence-electron chi connectivity index (χ2n) is 8.80. The Morgan fingerprint density at radius 1 is 1.06 bits per heavy atom. The molecular weight excluding hydrogens is 426 g/mol. The van der Waals surface area contributed by atoms with Gasteiger partial charge in [0.25, 0.3) is 0 Å². The summed E-state index contributed by atoms with van der Waals surface area (Å²) in [4.78, 5) is 14.4. The van der Waals surface area contributed by atoms with Crippen LogP contribution in [0.1, 0.15) is 29.6 Å². The molecule has 8 nitrogen and oxygen atoms in total. The summed E-state index contributed by atoms with van der Waals surface area (Å²) < 4.78 is 11.4. The summed E-state index contributed by atoms with van der Waals surface area (Å²) in [5.74, 6) is 1.69. The number of aliphatic hydroxyl groups is 1. The quantitative estimate of drug-likeness (QED) is 0.601. The number of aliphatic hydroxyl groups excluding tert-OH is 1. The van der Waals surface area contributed by atoms with Crippen molar-refractivity contribution in [3.8, 4) is 11.5 Å². The number of anilines is 1. The van der Waals surface area contributed by atoms with Crippen molar-refractivity contribution in [1.29, 1.82) is 0 Å². The molecule has 1 N–H and O–H groups in total. The Kier molecular flexibility index (Phi) is 7.52. The molecule has 2 aliphatic rings. The fourth-order valence-corrected chi connectivity index (χ4v) is 5.09. The maximum atomic E-state index is 10.7. The third-order valence-corrected chi connectivity index (χ3v) is 7.36. The number of thiazole rings is 1. The highest BCUT2D eigenvalue weighted by Crippen LogP contribution is 2.35. The van der Waals surface area contributed by atoms with Crippen LogP contribution in [0.15, 0.2) is 24.4 Å². The second kappa shape index (κ2) is 10.4. The first kappa shape index (κ1) is 23.3. The van der Waals surface area contributed by atoms with Gasteiger partial charge in [0.05, 0.1) is 4.88 Å². The van der Waals surface area contributed by atoms with Gasteiger partial charge < -0.3 is 24.4 Å². The van der Waals surface area contributed by atoms with Crippen LogP contribution in [0.4, 0.5) is 5.13 Å². The second-order valence-corrected chi connectivity index (χ2v) is 9.85. The number of aromatic nitrogens is 1. The van der Waals surface area contributed by atoms with E-state index in [0.717, 1.165) is 60.8 Å². The van der Waals surface area contributed by atoms with Gasteiger partial charge in [0.15, 0.2) is 16.6 Å². The predicted molar refractivity (Wildman–Crippen MR) is 128 cm³/mol. The number of nitrogens with zero attached hydrogens (tertiary/aromatic N) is 5. The lowest BCUT2D eigenvalue weighted by molar-refractivity contribution is 0.0202. The van der Waals surface area contributed by atoms with Crippen molar-refractivity contribution in [2.24, 2.45) is 0 Å². The summed E-state index contributed by atoms with van der Waals surface area (Å²) in [5, 5.41) is 11.7. The van der Waals surface area contributed by atoms with Gasteiger partial charge in [-0.2, -0.15) is 0 Å². The molecule has 0 saturated carbocycles. The van der Waals surface area contributed by atoms with Crippen molar-refractivity contribution in [3.63, 3.8) is 0 Å². The maximum Gasteiger partial charge on any atom is 0.185 e. The largest absolute Gasteiger partial charge is 0.486 e. The Morgan fingerprint density at radius 3 is 2.50 bits per heavy atom. The molecule has 1 aromatic heterocycles. The molecule has 0 spiro atoms. The van der Waals surface area contributed by atoms with E-state index in [1.165, 1.54) is 5.56 Å². The zero-order valence-corrected chi connectivity index (χ0v) is 20.3.